The number of anilines is 1. The van der Waals surface area contributed by atoms with Gasteiger partial charge in [0.1, 0.15) is 4.90 Å². The van der Waals surface area contributed by atoms with E-state index in [0.717, 1.165) is 0 Å². The normalized spacial score (nSPS) is 11.6. The molecule has 0 aliphatic rings. The van der Waals surface area contributed by atoms with Gasteiger partial charge in [-0.3, -0.25) is 9.40 Å². The lowest BCUT2D eigenvalue weighted by atomic mass is 10.3. The minimum atomic E-state index is -3.72. The highest BCUT2D eigenvalue weighted by molar-refractivity contribution is 9.11. The number of nitrogens with zero attached hydrogens (tertiary/aromatic N) is 2. The smallest absolute Gasteiger partial charge is 0.265 e. The number of sulfonamides is 1. The number of benzene rings is 1. The van der Waals surface area contributed by atoms with Gasteiger partial charge in [-0.05, 0) is 50.4 Å². The summed E-state index contributed by atoms with van der Waals surface area (Å²) in [7, 11) is -3.72. The van der Waals surface area contributed by atoms with Crippen molar-refractivity contribution in [2.24, 2.45) is 0 Å². The fourth-order valence-electron chi connectivity index (χ4n) is 1.63. The van der Waals surface area contributed by atoms with E-state index in [-0.39, 0.29) is 11.5 Å². The minimum absolute atomic E-state index is 0.0318. The molecule has 0 saturated carbocycles. The summed E-state index contributed by atoms with van der Waals surface area (Å²) < 4.78 is 29.9. The van der Waals surface area contributed by atoms with E-state index in [1.54, 1.807) is 18.2 Å². The number of para-hydroxylation sites is 1. The fraction of sp³-hybridized carbons (Fsp3) is 0.250. The van der Waals surface area contributed by atoms with Crippen molar-refractivity contribution in [3.8, 4) is 0 Å². The van der Waals surface area contributed by atoms with E-state index in [2.05, 4.69) is 41.7 Å². The van der Waals surface area contributed by atoms with Gasteiger partial charge in [0.15, 0.2) is 0 Å². The van der Waals surface area contributed by atoms with Crippen LogP contribution in [0.2, 0.25) is 0 Å². The molecule has 1 heterocycles. The van der Waals surface area contributed by atoms with Crippen LogP contribution in [0, 0.1) is 0 Å². The Hall–Kier alpha value is -0.900. The topological polar surface area (TPSA) is 84.2 Å². The first-order valence-electron chi connectivity index (χ1n) is 6.04. The summed E-state index contributed by atoms with van der Waals surface area (Å²) in [5.74, 6) is 0. The maximum Gasteiger partial charge on any atom is 0.265 e. The predicted octanol–water partition coefficient (Wildman–Crippen LogP) is 2.59. The Labute approximate surface area is 139 Å². The van der Waals surface area contributed by atoms with E-state index in [4.69, 9.17) is 5.11 Å². The zero-order valence-electron chi connectivity index (χ0n) is 10.8. The molecule has 21 heavy (non-hydrogen) atoms. The maximum absolute atomic E-state index is 12.3. The molecule has 0 spiro atoms. The summed E-state index contributed by atoms with van der Waals surface area (Å²) >= 11 is 6.61. The molecule has 2 rings (SSSR count). The third-order valence-corrected chi connectivity index (χ3v) is 5.29. The van der Waals surface area contributed by atoms with Crippen LogP contribution in [0.1, 0.15) is 6.42 Å². The lowest BCUT2D eigenvalue weighted by Gasteiger charge is -2.10. The van der Waals surface area contributed by atoms with Gasteiger partial charge >= 0.3 is 0 Å². The largest absolute Gasteiger partial charge is 0.396 e. The van der Waals surface area contributed by atoms with Crippen LogP contribution in [0.15, 0.2) is 44.4 Å². The number of halogens is 2. The molecule has 0 unspecified atom stereocenters. The molecule has 0 aliphatic carbocycles. The number of rotatable bonds is 6. The Kier molecular flexibility index (Phi) is 5.42. The van der Waals surface area contributed by atoms with Crippen molar-refractivity contribution in [3.05, 3.63) is 39.5 Å². The van der Waals surface area contributed by atoms with E-state index < -0.39 is 10.0 Å². The zero-order valence-corrected chi connectivity index (χ0v) is 14.8. The van der Waals surface area contributed by atoms with Gasteiger partial charge in [0.2, 0.25) is 0 Å². The van der Waals surface area contributed by atoms with Crippen molar-refractivity contribution < 1.29 is 13.5 Å². The highest BCUT2D eigenvalue weighted by atomic mass is 79.9. The Balaban J connectivity index is 2.24. The van der Waals surface area contributed by atoms with Crippen LogP contribution in [0.25, 0.3) is 0 Å². The Morgan fingerprint density at radius 2 is 1.95 bits per heavy atom. The molecule has 0 aliphatic heterocycles. The van der Waals surface area contributed by atoms with Gasteiger partial charge in [0.05, 0.1) is 11.9 Å². The van der Waals surface area contributed by atoms with Crippen LogP contribution in [0.4, 0.5) is 5.69 Å². The van der Waals surface area contributed by atoms with Gasteiger partial charge in [0, 0.05) is 28.3 Å². The van der Waals surface area contributed by atoms with Crippen molar-refractivity contribution in [2.75, 3.05) is 11.3 Å². The number of aryl methyl sites for hydroxylation is 1. The van der Waals surface area contributed by atoms with E-state index in [0.29, 0.717) is 27.6 Å². The van der Waals surface area contributed by atoms with E-state index >= 15 is 0 Å². The quantitative estimate of drug-likeness (QED) is 0.725. The standard InChI is InChI=1S/C12H13Br2N3O3S/c13-10-3-1-4-11(14)12(10)16-21(19,20)9-7-15-17(8-9)5-2-6-18/h1,3-4,7-8,16,18H,2,5-6H2. The molecule has 2 aromatic rings. The number of nitrogens with one attached hydrogen (secondary N) is 1. The molecule has 0 fully saturated rings. The summed E-state index contributed by atoms with van der Waals surface area (Å²) in [6.07, 6.45) is 3.23. The third-order valence-electron chi connectivity index (χ3n) is 2.66. The number of aliphatic hydroxyl groups is 1. The molecular weight excluding hydrogens is 426 g/mol. The summed E-state index contributed by atoms with van der Waals surface area (Å²) in [5.41, 5.74) is 0.431. The van der Waals surface area contributed by atoms with Gasteiger partial charge < -0.3 is 5.11 Å². The monoisotopic (exact) mass is 437 g/mol. The fourth-order valence-corrected chi connectivity index (χ4v) is 4.14. The van der Waals surface area contributed by atoms with Gasteiger partial charge in [-0.15, -0.1) is 0 Å². The van der Waals surface area contributed by atoms with Crippen LogP contribution >= 0.6 is 31.9 Å². The SMILES string of the molecule is O=S(=O)(Nc1c(Br)cccc1Br)c1cnn(CCCO)c1. The van der Waals surface area contributed by atoms with Gasteiger partial charge in [0.25, 0.3) is 10.0 Å². The zero-order chi connectivity index (χ0) is 15.5. The highest BCUT2D eigenvalue weighted by Gasteiger charge is 2.19. The number of hydrogen-bond acceptors (Lipinski definition) is 4. The molecule has 1 aromatic carbocycles. The summed E-state index contributed by atoms with van der Waals surface area (Å²) in [4.78, 5) is 0.0723. The molecule has 2 N–H and O–H groups in total. The van der Waals surface area contributed by atoms with Gasteiger partial charge in [-0.2, -0.15) is 5.10 Å². The Morgan fingerprint density at radius 3 is 2.57 bits per heavy atom. The van der Waals surface area contributed by atoms with E-state index in [1.165, 1.54) is 17.1 Å². The van der Waals surface area contributed by atoms with Crippen molar-refractivity contribution in [2.45, 2.75) is 17.9 Å². The summed E-state index contributed by atoms with van der Waals surface area (Å²) in [6.45, 7) is 0.495. The third kappa shape index (κ3) is 4.06. The maximum atomic E-state index is 12.3. The van der Waals surface area contributed by atoms with Crippen LogP contribution in [-0.4, -0.2) is 29.9 Å². The van der Waals surface area contributed by atoms with Crippen LogP contribution < -0.4 is 4.72 Å². The second kappa shape index (κ2) is 6.91. The molecule has 0 radical (unpaired) electrons. The molecule has 114 valence electrons. The van der Waals surface area contributed by atoms with E-state index in [9.17, 15) is 8.42 Å². The number of hydrogen-bond donors (Lipinski definition) is 2. The van der Waals surface area contributed by atoms with Crippen LogP contribution in [0.5, 0.6) is 0 Å². The van der Waals surface area contributed by atoms with Crippen molar-refractivity contribution in [1.29, 1.82) is 0 Å². The molecule has 9 heteroatoms. The van der Waals surface area contributed by atoms with Crippen LogP contribution in [0.3, 0.4) is 0 Å². The first-order valence-corrected chi connectivity index (χ1v) is 9.11. The minimum Gasteiger partial charge on any atom is -0.396 e. The first-order chi connectivity index (χ1) is 9.94. The summed E-state index contributed by atoms with van der Waals surface area (Å²) in [5, 5.41) is 12.7. The Morgan fingerprint density at radius 1 is 1.29 bits per heavy atom. The summed E-state index contributed by atoms with van der Waals surface area (Å²) in [6, 6.07) is 5.28. The molecular formula is C12H13Br2N3O3S. The molecule has 0 amide bonds. The molecule has 0 bridgehead atoms. The van der Waals surface area contributed by atoms with Crippen LogP contribution in [-0.2, 0) is 16.6 Å². The second-order valence-corrected chi connectivity index (χ2v) is 7.61. The van der Waals surface area contributed by atoms with Gasteiger partial charge in [-0.25, -0.2) is 8.42 Å². The van der Waals surface area contributed by atoms with Crippen molar-refractivity contribution >= 4 is 47.6 Å². The molecule has 1 aromatic heterocycles. The Bertz CT molecular complexity index is 711. The van der Waals surface area contributed by atoms with Crippen molar-refractivity contribution in [3.63, 3.8) is 0 Å². The second-order valence-electron chi connectivity index (χ2n) is 4.22. The number of aromatic nitrogens is 2. The lowest BCUT2D eigenvalue weighted by molar-refractivity contribution is 0.277. The first kappa shape index (κ1) is 16.5. The average Bonchev–Trinajstić information content (AvgIpc) is 2.90. The number of aliphatic hydroxyl groups excluding tert-OH is 1. The molecule has 0 atom stereocenters. The molecule has 6 nitrogen and oxygen atoms in total. The average molecular weight is 439 g/mol. The molecule has 0 saturated heterocycles. The van der Waals surface area contributed by atoms with Crippen molar-refractivity contribution in [1.82, 2.24) is 9.78 Å². The van der Waals surface area contributed by atoms with E-state index in [1.807, 2.05) is 0 Å². The lowest BCUT2D eigenvalue weighted by Crippen LogP contribution is -2.13. The predicted molar refractivity (Wildman–Crippen MR) is 86.6 cm³/mol. The highest BCUT2D eigenvalue weighted by Crippen LogP contribution is 2.32. The van der Waals surface area contributed by atoms with Gasteiger partial charge in [-0.1, -0.05) is 6.07 Å².